The van der Waals surface area contributed by atoms with Gasteiger partial charge in [-0.1, -0.05) is 127 Å². The Morgan fingerprint density at radius 1 is 0.441 bits per heavy atom. The Kier molecular flexibility index (Phi) is 4.18. The molecular weight excluding hydrogens is 424 g/mol. The molecule has 0 unspecified atom stereocenters. The molecule has 1 aliphatic heterocycles. The number of hydrogen-bond acceptors (Lipinski definition) is 0. The van der Waals surface area contributed by atoms with E-state index in [9.17, 15) is 0 Å². The van der Waals surface area contributed by atoms with Crippen LogP contribution in [0, 0.1) is 6.92 Å². The third-order valence-corrected chi connectivity index (χ3v) is 12.4. The molecule has 160 valence electrons. The van der Waals surface area contributed by atoms with Gasteiger partial charge in [-0.2, -0.15) is 0 Å². The summed E-state index contributed by atoms with van der Waals surface area (Å²) in [5, 5.41) is 11.2. The van der Waals surface area contributed by atoms with E-state index in [-0.39, 0.29) is 0 Å². The third kappa shape index (κ3) is 2.59. The standard InChI is InChI=1S/C33H24Si/c1-23-16-19-28-24(20-23)17-18-25-21-31-29-14-8-9-15-32(29)34(33(31)22-30(25)28,26-10-4-2-5-11-26)27-12-6-3-7-13-27/h2-22H,1H3. The molecule has 0 atom stereocenters. The van der Waals surface area contributed by atoms with Gasteiger partial charge in [0.25, 0.3) is 0 Å². The quantitative estimate of drug-likeness (QED) is 0.236. The van der Waals surface area contributed by atoms with Crippen molar-refractivity contribution >= 4 is 50.4 Å². The van der Waals surface area contributed by atoms with E-state index >= 15 is 0 Å². The van der Waals surface area contributed by atoms with Crippen LogP contribution in [0.1, 0.15) is 5.56 Å². The second-order valence-corrected chi connectivity index (χ2v) is 13.2. The summed E-state index contributed by atoms with van der Waals surface area (Å²) in [7, 11) is -2.44. The summed E-state index contributed by atoms with van der Waals surface area (Å²) in [5.41, 5.74) is 4.09. The Morgan fingerprint density at radius 3 is 1.76 bits per heavy atom. The van der Waals surface area contributed by atoms with Gasteiger partial charge in [-0.05, 0) is 66.4 Å². The molecule has 0 N–H and O–H groups in total. The van der Waals surface area contributed by atoms with Gasteiger partial charge in [-0.25, -0.2) is 0 Å². The van der Waals surface area contributed by atoms with E-state index in [2.05, 4.69) is 134 Å². The monoisotopic (exact) mass is 448 g/mol. The van der Waals surface area contributed by atoms with E-state index in [1.807, 2.05) is 0 Å². The minimum absolute atomic E-state index is 1.30. The summed E-state index contributed by atoms with van der Waals surface area (Å²) in [6.45, 7) is 2.17. The van der Waals surface area contributed by atoms with Gasteiger partial charge in [0.05, 0.1) is 0 Å². The van der Waals surface area contributed by atoms with Gasteiger partial charge in [0, 0.05) is 0 Å². The minimum atomic E-state index is -2.44. The minimum Gasteiger partial charge on any atom is -0.0623 e. The molecule has 0 bridgehead atoms. The van der Waals surface area contributed by atoms with Crippen molar-refractivity contribution in [3.63, 3.8) is 0 Å². The number of hydrogen-bond donors (Lipinski definition) is 0. The lowest BCUT2D eigenvalue weighted by molar-refractivity contribution is 1.51. The highest BCUT2D eigenvalue weighted by Crippen LogP contribution is 2.34. The molecule has 0 fully saturated rings. The van der Waals surface area contributed by atoms with Crippen LogP contribution in [0.25, 0.3) is 32.7 Å². The first-order valence-corrected chi connectivity index (χ1v) is 14.0. The van der Waals surface area contributed by atoms with Crippen molar-refractivity contribution in [3.8, 4) is 11.1 Å². The second-order valence-electron chi connectivity index (χ2n) is 9.44. The van der Waals surface area contributed by atoms with Crippen LogP contribution in [0.2, 0.25) is 0 Å². The van der Waals surface area contributed by atoms with Gasteiger partial charge in [0.2, 0.25) is 0 Å². The maximum absolute atomic E-state index is 2.54. The van der Waals surface area contributed by atoms with Crippen LogP contribution < -0.4 is 20.7 Å². The molecule has 0 amide bonds. The van der Waals surface area contributed by atoms with E-state index in [0.717, 1.165) is 0 Å². The molecule has 0 radical (unpaired) electrons. The third-order valence-electron chi connectivity index (χ3n) is 7.57. The molecule has 1 heteroatoms. The topological polar surface area (TPSA) is 0 Å². The Bertz CT molecular complexity index is 1660. The fourth-order valence-corrected chi connectivity index (χ4v) is 11.3. The summed E-state index contributed by atoms with van der Waals surface area (Å²) in [6, 6.07) is 48.0. The normalized spacial score (nSPS) is 13.7. The molecule has 7 rings (SSSR count). The maximum Gasteiger partial charge on any atom is 0.180 e. The highest BCUT2D eigenvalue weighted by Gasteiger charge is 2.48. The van der Waals surface area contributed by atoms with E-state index in [4.69, 9.17) is 0 Å². The number of benzene rings is 6. The maximum atomic E-state index is 2.54. The molecule has 0 saturated carbocycles. The summed E-state index contributed by atoms with van der Waals surface area (Å²) in [6.07, 6.45) is 0. The summed E-state index contributed by atoms with van der Waals surface area (Å²) >= 11 is 0. The predicted molar refractivity (Wildman–Crippen MR) is 149 cm³/mol. The number of fused-ring (bicyclic) bond motifs is 6. The van der Waals surface area contributed by atoms with Crippen molar-refractivity contribution in [2.75, 3.05) is 0 Å². The lowest BCUT2D eigenvalue weighted by Crippen LogP contribution is -2.72. The highest BCUT2D eigenvalue weighted by atomic mass is 28.3. The average Bonchev–Trinajstić information content (AvgIpc) is 3.18. The van der Waals surface area contributed by atoms with Gasteiger partial charge in [0.1, 0.15) is 0 Å². The Labute approximate surface area is 201 Å². The van der Waals surface area contributed by atoms with E-state index in [1.54, 1.807) is 0 Å². The number of aryl methyl sites for hydroxylation is 1. The van der Waals surface area contributed by atoms with Gasteiger partial charge in [-0.15, -0.1) is 0 Å². The molecule has 6 aromatic rings. The smallest absolute Gasteiger partial charge is 0.0623 e. The van der Waals surface area contributed by atoms with E-state index in [0.29, 0.717) is 0 Å². The van der Waals surface area contributed by atoms with Gasteiger partial charge < -0.3 is 0 Å². The Balaban J connectivity index is 1.68. The molecule has 0 nitrogen and oxygen atoms in total. The lowest BCUT2D eigenvalue weighted by Gasteiger charge is -2.31. The van der Waals surface area contributed by atoms with Crippen LogP contribution in [0.5, 0.6) is 0 Å². The van der Waals surface area contributed by atoms with Gasteiger partial charge in [0.15, 0.2) is 8.07 Å². The van der Waals surface area contributed by atoms with Crippen LogP contribution in [0.3, 0.4) is 0 Å². The van der Waals surface area contributed by atoms with Crippen molar-refractivity contribution < 1.29 is 0 Å². The Morgan fingerprint density at radius 2 is 1.06 bits per heavy atom. The van der Waals surface area contributed by atoms with Crippen LogP contribution in [-0.4, -0.2) is 8.07 Å². The highest BCUT2D eigenvalue weighted by molar-refractivity contribution is 7.22. The number of rotatable bonds is 2. The predicted octanol–water partition coefficient (Wildman–Crippen LogP) is 5.66. The molecule has 0 aliphatic carbocycles. The molecule has 6 aromatic carbocycles. The van der Waals surface area contributed by atoms with E-state index < -0.39 is 8.07 Å². The van der Waals surface area contributed by atoms with Crippen molar-refractivity contribution in [2.45, 2.75) is 6.92 Å². The zero-order chi connectivity index (χ0) is 22.7. The molecule has 1 heterocycles. The van der Waals surface area contributed by atoms with Crippen molar-refractivity contribution in [1.29, 1.82) is 0 Å². The summed E-state index contributed by atoms with van der Waals surface area (Å²) in [5.74, 6) is 0. The van der Waals surface area contributed by atoms with Crippen LogP contribution in [-0.2, 0) is 0 Å². The van der Waals surface area contributed by atoms with Crippen molar-refractivity contribution in [1.82, 2.24) is 0 Å². The molecule has 1 aliphatic rings. The van der Waals surface area contributed by atoms with Crippen LogP contribution >= 0.6 is 0 Å². The first-order valence-electron chi connectivity index (χ1n) is 12.0. The molecule has 0 saturated heterocycles. The fourth-order valence-electron chi connectivity index (χ4n) is 6.12. The largest absolute Gasteiger partial charge is 0.180 e. The molecule has 0 spiro atoms. The first kappa shape index (κ1) is 19.5. The molecular formula is C33H24Si. The molecule has 0 aromatic heterocycles. The van der Waals surface area contributed by atoms with E-state index in [1.165, 1.54) is 59.0 Å². The fraction of sp³-hybridized carbons (Fsp3) is 0.0303. The summed E-state index contributed by atoms with van der Waals surface area (Å²) < 4.78 is 0. The first-order chi connectivity index (χ1) is 16.8. The Hall–Kier alpha value is -3.94. The van der Waals surface area contributed by atoms with Crippen molar-refractivity contribution in [3.05, 3.63) is 133 Å². The lowest BCUT2D eigenvalue weighted by atomic mass is 9.97. The van der Waals surface area contributed by atoms with Crippen LogP contribution in [0.4, 0.5) is 0 Å². The van der Waals surface area contributed by atoms with Crippen molar-refractivity contribution in [2.24, 2.45) is 0 Å². The zero-order valence-electron chi connectivity index (χ0n) is 19.1. The average molecular weight is 449 g/mol. The summed E-state index contributed by atoms with van der Waals surface area (Å²) in [4.78, 5) is 0. The molecule has 34 heavy (non-hydrogen) atoms. The van der Waals surface area contributed by atoms with Gasteiger partial charge in [-0.3, -0.25) is 0 Å². The SMILES string of the molecule is Cc1ccc2c(ccc3cc4c(cc32)[Si](c2ccccc2)(c2ccccc2)c2ccccc2-4)c1. The van der Waals surface area contributed by atoms with Crippen LogP contribution in [0.15, 0.2) is 127 Å². The van der Waals surface area contributed by atoms with Gasteiger partial charge >= 0.3 is 0 Å². The second kappa shape index (κ2) is 7.28. The zero-order valence-corrected chi connectivity index (χ0v) is 20.1.